The van der Waals surface area contributed by atoms with Gasteiger partial charge in [0.25, 0.3) is 17.4 Å². The monoisotopic (exact) mass is 653 g/mol. The third-order valence-corrected chi connectivity index (χ3v) is 8.64. The third kappa shape index (κ3) is 7.56. The van der Waals surface area contributed by atoms with Crippen LogP contribution < -0.4 is 25.7 Å². The molecule has 2 aromatic carbocycles. The average Bonchev–Trinajstić information content (AvgIpc) is 3.76. The van der Waals surface area contributed by atoms with E-state index in [-0.39, 0.29) is 49.5 Å². The number of aromatic nitrogens is 4. The topological polar surface area (TPSA) is 161 Å². The van der Waals surface area contributed by atoms with Gasteiger partial charge in [0.1, 0.15) is 11.6 Å². The van der Waals surface area contributed by atoms with Gasteiger partial charge < -0.3 is 30.0 Å². The molecule has 0 spiro atoms. The molecule has 2 aliphatic rings. The van der Waals surface area contributed by atoms with Crippen molar-refractivity contribution < 1.29 is 23.9 Å². The number of hydrogen-bond donors (Lipinski definition) is 3. The second kappa shape index (κ2) is 15.0. The molecule has 3 heterocycles. The van der Waals surface area contributed by atoms with E-state index in [1.807, 2.05) is 36.5 Å². The summed E-state index contributed by atoms with van der Waals surface area (Å²) in [4.78, 5) is 58.6. The lowest BCUT2D eigenvalue weighted by molar-refractivity contribution is -0.123. The predicted molar refractivity (Wildman–Crippen MR) is 176 cm³/mol. The zero-order chi connectivity index (χ0) is 33.5. The zero-order valence-corrected chi connectivity index (χ0v) is 26.9. The van der Waals surface area contributed by atoms with Crippen LogP contribution in [0.4, 0.5) is 0 Å². The maximum atomic E-state index is 13.8. The van der Waals surface area contributed by atoms with E-state index in [1.165, 1.54) is 7.11 Å². The zero-order valence-electron chi connectivity index (χ0n) is 26.9. The fourth-order valence-corrected chi connectivity index (χ4v) is 6.11. The van der Waals surface area contributed by atoms with E-state index < -0.39 is 29.3 Å². The minimum absolute atomic E-state index is 0.0762. The van der Waals surface area contributed by atoms with Crippen molar-refractivity contribution in [2.75, 3.05) is 33.4 Å². The molecule has 48 heavy (non-hydrogen) atoms. The largest absolute Gasteiger partial charge is 0.493 e. The van der Waals surface area contributed by atoms with Crippen LogP contribution in [0.25, 0.3) is 0 Å². The summed E-state index contributed by atoms with van der Waals surface area (Å²) in [5.74, 6) is -0.653. The molecule has 0 radical (unpaired) electrons. The molecular weight excluding hydrogens is 614 g/mol. The van der Waals surface area contributed by atoms with Crippen LogP contribution in [0.2, 0.25) is 0 Å². The van der Waals surface area contributed by atoms with E-state index >= 15 is 0 Å². The Morgan fingerprint density at radius 2 is 1.85 bits per heavy atom. The summed E-state index contributed by atoms with van der Waals surface area (Å²) in [6, 6.07) is 15.2. The van der Waals surface area contributed by atoms with Crippen molar-refractivity contribution >= 4 is 17.7 Å². The minimum Gasteiger partial charge on any atom is -0.493 e. The summed E-state index contributed by atoms with van der Waals surface area (Å²) in [5.41, 5.74) is 3.30. The first-order chi connectivity index (χ1) is 23.4. The molecule has 2 aromatic heterocycles. The van der Waals surface area contributed by atoms with Crippen LogP contribution in [0.1, 0.15) is 56.1 Å². The highest BCUT2D eigenvalue weighted by Gasteiger charge is 2.27. The van der Waals surface area contributed by atoms with E-state index in [2.05, 4.69) is 25.9 Å². The first-order valence-electron chi connectivity index (χ1n) is 16.2. The molecule has 250 valence electrons. The quantitative estimate of drug-likeness (QED) is 0.302. The van der Waals surface area contributed by atoms with Crippen LogP contribution in [0.15, 0.2) is 65.6 Å². The number of nitrogens with zero attached hydrogens (tertiary/aromatic N) is 4. The molecule has 1 aliphatic heterocycles. The van der Waals surface area contributed by atoms with Gasteiger partial charge in [0.2, 0.25) is 5.91 Å². The number of carbonyl (C=O) groups excluding carboxylic acids is 3. The molecule has 1 aliphatic carbocycles. The van der Waals surface area contributed by atoms with Crippen LogP contribution in [0.3, 0.4) is 0 Å². The summed E-state index contributed by atoms with van der Waals surface area (Å²) in [6.07, 6.45) is 5.54. The summed E-state index contributed by atoms with van der Waals surface area (Å²) < 4.78 is 13.3. The van der Waals surface area contributed by atoms with Crippen molar-refractivity contribution in [1.29, 1.82) is 0 Å². The summed E-state index contributed by atoms with van der Waals surface area (Å²) in [6.45, 7) is 1.26. The summed E-state index contributed by atoms with van der Waals surface area (Å²) in [5, 5.41) is 14.3. The van der Waals surface area contributed by atoms with Gasteiger partial charge in [0.05, 0.1) is 25.0 Å². The highest BCUT2D eigenvalue weighted by molar-refractivity contribution is 6.00. The Labute approximate surface area is 277 Å². The molecule has 3 N–H and O–H groups in total. The molecule has 4 aromatic rings. The number of rotatable bonds is 4. The van der Waals surface area contributed by atoms with Gasteiger partial charge >= 0.3 is 0 Å². The number of H-pyrrole nitrogens is 1. The van der Waals surface area contributed by atoms with E-state index in [1.54, 1.807) is 33.8 Å². The Hall–Kier alpha value is -5.46. The number of pyridine rings is 1. The van der Waals surface area contributed by atoms with Crippen molar-refractivity contribution in [3.63, 3.8) is 0 Å². The Balaban J connectivity index is 1.28. The van der Waals surface area contributed by atoms with Crippen LogP contribution in [-0.2, 0) is 37.0 Å². The molecule has 0 fully saturated rings. The van der Waals surface area contributed by atoms with E-state index in [4.69, 9.17) is 9.47 Å². The number of hydrogen-bond acceptors (Lipinski definition) is 8. The number of benzene rings is 2. The lowest BCUT2D eigenvalue weighted by atomic mass is 10.0. The number of para-hydroxylation sites is 1. The number of fused-ring (bicyclic) bond motifs is 4. The van der Waals surface area contributed by atoms with E-state index in [0.29, 0.717) is 30.8 Å². The lowest BCUT2D eigenvalue weighted by Gasteiger charge is -2.24. The van der Waals surface area contributed by atoms with Gasteiger partial charge in [0.15, 0.2) is 11.5 Å². The number of methoxy groups -OCH3 is 1. The van der Waals surface area contributed by atoms with Gasteiger partial charge in [-0.3, -0.25) is 23.9 Å². The second-order valence-corrected chi connectivity index (χ2v) is 11.9. The summed E-state index contributed by atoms with van der Waals surface area (Å²) >= 11 is 0. The predicted octanol–water partition coefficient (Wildman–Crippen LogP) is 2.09. The van der Waals surface area contributed by atoms with Crippen molar-refractivity contribution in [2.45, 2.75) is 51.1 Å². The number of amides is 3. The Bertz CT molecular complexity index is 1840. The highest BCUT2D eigenvalue weighted by atomic mass is 16.5. The van der Waals surface area contributed by atoms with Gasteiger partial charge in [0, 0.05) is 57.3 Å². The first-order valence-corrected chi connectivity index (χ1v) is 16.2. The lowest BCUT2D eigenvalue weighted by Crippen LogP contribution is -2.50. The fourth-order valence-electron chi connectivity index (χ4n) is 6.11. The maximum Gasteiger partial charge on any atom is 0.261 e. The molecule has 0 saturated carbocycles. The molecule has 6 rings (SSSR count). The number of aryl methyl sites for hydroxylation is 3. The van der Waals surface area contributed by atoms with Gasteiger partial charge in [-0.1, -0.05) is 41.6 Å². The number of nitrogens with one attached hydrogen (secondary N) is 3. The normalized spacial score (nSPS) is 17.4. The van der Waals surface area contributed by atoms with Crippen LogP contribution in [0.5, 0.6) is 11.5 Å². The van der Waals surface area contributed by atoms with Gasteiger partial charge in [-0.15, -0.1) is 5.10 Å². The number of carbonyl (C=O) groups is 3. The number of aromatic amines is 1. The van der Waals surface area contributed by atoms with E-state index in [0.717, 1.165) is 36.1 Å². The minimum atomic E-state index is -0.932. The van der Waals surface area contributed by atoms with Crippen LogP contribution in [-0.4, -0.2) is 82.0 Å². The molecule has 3 amide bonds. The smallest absolute Gasteiger partial charge is 0.261 e. The Kier molecular flexibility index (Phi) is 10.1. The molecule has 13 nitrogen and oxygen atoms in total. The molecule has 2 bridgehead atoms. The van der Waals surface area contributed by atoms with Crippen molar-refractivity contribution in [3.05, 3.63) is 105 Å². The highest BCUT2D eigenvalue weighted by Crippen LogP contribution is 2.31. The summed E-state index contributed by atoms with van der Waals surface area (Å²) in [7, 11) is 1.50. The molecule has 1 atom stereocenters. The van der Waals surface area contributed by atoms with Crippen molar-refractivity contribution in [3.8, 4) is 11.5 Å². The van der Waals surface area contributed by atoms with E-state index in [9.17, 15) is 19.2 Å². The van der Waals surface area contributed by atoms with Crippen LogP contribution >= 0.6 is 0 Å². The fraction of sp³-hybridized carbons (Fsp3) is 0.371. The average molecular weight is 654 g/mol. The Morgan fingerprint density at radius 3 is 2.69 bits per heavy atom. The second-order valence-electron chi connectivity index (χ2n) is 11.9. The SMILES string of the molecule is COc1cccc2c1OCCCn1cc(nn1)CCN(C(=O)c1cc3c([nH]c1=O)CCC3)CCNC(=O)[C@H](Cc1ccccc1)NC2=O. The van der Waals surface area contributed by atoms with Gasteiger partial charge in [-0.2, -0.15) is 0 Å². The molecule has 0 unspecified atom stereocenters. The van der Waals surface area contributed by atoms with Crippen LogP contribution in [0, 0.1) is 0 Å². The first kappa shape index (κ1) is 32.5. The molecular formula is C35H39N7O6. The third-order valence-electron chi connectivity index (χ3n) is 8.64. The van der Waals surface area contributed by atoms with Crippen molar-refractivity contribution in [1.82, 2.24) is 35.5 Å². The maximum absolute atomic E-state index is 13.8. The van der Waals surface area contributed by atoms with Crippen molar-refractivity contribution in [2.24, 2.45) is 0 Å². The Morgan fingerprint density at radius 1 is 1.00 bits per heavy atom. The molecule has 13 heteroatoms. The molecule has 0 saturated heterocycles. The van der Waals surface area contributed by atoms with Gasteiger partial charge in [-0.25, -0.2) is 0 Å². The standard InChI is InChI=1S/C35H39N7O6/c1-47-30-13-6-11-26-31(30)48-19-7-16-42-22-25(39-40-42)14-17-41(35(46)27-21-24-10-5-12-28(24)37-33(27)44)18-15-36-34(45)29(38-32(26)43)20-23-8-3-2-4-9-23/h2-4,6,8-9,11,13,21-22,29H,5,7,10,12,14-20H2,1H3,(H,36,45)(H,37,44)(H,38,43)/t29-/m0/s1. The van der Waals surface area contributed by atoms with Gasteiger partial charge in [-0.05, 0) is 48.6 Å². The number of ether oxygens (including phenoxy) is 2.